The largest absolute Gasteiger partial charge is 0.346 e. The lowest BCUT2D eigenvalue weighted by Crippen LogP contribution is -3.06. The molecular formula is C18H20N3OS+. The summed E-state index contributed by atoms with van der Waals surface area (Å²) in [5, 5.41) is 5.92. The summed E-state index contributed by atoms with van der Waals surface area (Å²) in [7, 11) is 4.14. The van der Waals surface area contributed by atoms with Gasteiger partial charge in [-0.15, -0.1) is 11.3 Å². The summed E-state index contributed by atoms with van der Waals surface area (Å²) in [6.45, 7) is 1.55. The summed E-state index contributed by atoms with van der Waals surface area (Å²) in [6.07, 6.45) is 0. The molecule has 0 fully saturated rings. The molecule has 0 aliphatic heterocycles. The topological polar surface area (TPSA) is 46.4 Å². The SMILES string of the molecule is C[NH+](C)CCNC(=O)c1cc(-c2cccs2)nc2ccccc12. The highest BCUT2D eigenvalue weighted by Gasteiger charge is 2.14. The van der Waals surface area contributed by atoms with Gasteiger partial charge in [-0.3, -0.25) is 4.79 Å². The van der Waals surface area contributed by atoms with E-state index >= 15 is 0 Å². The fourth-order valence-electron chi connectivity index (χ4n) is 2.44. The Labute approximate surface area is 139 Å². The fraction of sp³-hybridized carbons (Fsp3) is 0.222. The Bertz CT molecular complexity index is 812. The van der Waals surface area contributed by atoms with Crippen molar-refractivity contribution in [1.29, 1.82) is 0 Å². The van der Waals surface area contributed by atoms with Gasteiger partial charge >= 0.3 is 0 Å². The van der Waals surface area contributed by atoms with Gasteiger partial charge in [-0.2, -0.15) is 0 Å². The van der Waals surface area contributed by atoms with Crippen LogP contribution in [0.4, 0.5) is 0 Å². The van der Waals surface area contributed by atoms with Crippen molar-refractivity contribution in [3.05, 3.63) is 53.4 Å². The first-order valence-corrected chi connectivity index (χ1v) is 8.54. The van der Waals surface area contributed by atoms with Gasteiger partial charge in [0.05, 0.1) is 48.8 Å². The zero-order valence-electron chi connectivity index (χ0n) is 13.3. The fourth-order valence-corrected chi connectivity index (χ4v) is 3.12. The van der Waals surface area contributed by atoms with Gasteiger partial charge in [-0.1, -0.05) is 24.3 Å². The van der Waals surface area contributed by atoms with Crippen molar-refractivity contribution < 1.29 is 9.69 Å². The Morgan fingerprint density at radius 3 is 2.78 bits per heavy atom. The second-order valence-corrected chi connectivity index (χ2v) is 6.71. The molecule has 1 aromatic carbocycles. The number of quaternary nitrogens is 1. The first-order chi connectivity index (χ1) is 11.1. The summed E-state index contributed by atoms with van der Waals surface area (Å²) >= 11 is 1.63. The van der Waals surface area contributed by atoms with E-state index < -0.39 is 0 Å². The van der Waals surface area contributed by atoms with Crippen LogP contribution in [0.1, 0.15) is 10.4 Å². The summed E-state index contributed by atoms with van der Waals surface area (Å²) in [5.74, 6) is -0.0392. The highest BCUT2D eigenvalue weighted by molar-refractivity contribution is 7.13. The lowest BCUT2D eigenvalue weighted by molar-refractivity contribution is -0.856. The first kappa shape index (κ1) is 15.6. The average Bonchev–Trinajstić information content (AvgIpc) is 3.07. The Morgan fingerprint density at radius 1 is 1.22 bits per heavy atom. The number of benzene rings is 1. The number of nitrogens with one attached hydrogen (secondary N) is 2. The number of amides is 1. The minimum absolute atomic E-state index is 0.0392. The van der Waals surface area contributed by atoms with Crippen LogP contribution < -0.4 is 10.2 Å². The number of likely N-dealkylation sites (N-methyl/N-ethyl adjacent to an activating group) is 1. The summed E-state index contributed by atoms with van der Waals surface area (Å²) < 4.78 is 0. The number of nitrogens with zero attached hydrogens (tertiary/aromatic N) is 1. The predicted octanol–water partition coefficient (Wildman–Crippen LogP) is 1.84. The van der Waals surface area contributed by atoms with Crippen LogP contribution in [0.25, 0.3) is 21.5 Å². The number of fused-ring (bicyclic) bond motifs is 1. The van der Waals surface area contributed by atoms with E-state index in [4.69, 9.17) is 4.98 Å². The standard InChI is InChI=1S/C18H19N3OS/c1-21(2)10-9-19-18(22)14-12-16(17-8-5-11-23-17)20-15-7-4-3-6-13(14)15/h3-8,11-12H,9-10H2,1-2H3,(H,19,22)/p+1. The maximum Gasteiger partial charge on any atom is 0.252 e. The molecule has 0 unspecified atom stereocenters. The van der Waals surface area contributed by atoms with E-state index in [1.165, 1.54) is 4.90 Å². The monoisotopic (exact) mass is 326 g/mol. The van der Waals surface area contributed by atoms with Crippen molar-refractivity contribution >= 4 is 28.1 Å². The van der Waals surface area contributed by atoms with E-state index in [9.17, 15) is 4.79 Å². The molecule has 118 valence electrons. The van der Waals surface area contributed by atoms with Crippen LogP contribution >= 0.6 is 11.3 Å². The normalized spacial score (nSPS) is 11.1. The number of pyridine rings is 1. The van der Waals surface area contributed by atoms with Crippen molar-refractivity contribution in [3.63, 3.8) is 0 Å². The van der Waals surface area contributed by atoms with Crippen molar-refractivity contribution in [1.82, 2.24) is 10.3 Å². The maximum absolute atomic E-state index is 12.6. The molecule has 0 saturated heterocycles. The van der Waals surface area contributed by atoms with Crippen LogP contribution in [-0.2, 0) is 0 Å². The molecule has 0 aliphatic rings. The van der Waals surface area contributed by atoms with E-state index in [1.54, 1.807) is 11.3 Å². The van der Waals surface area contributed by atoms with Crippen LogP contribution in [0, 0.1) is 0 Å². The second-order valence-electron chi connectivity index (χ2n) is 5.76. The number of rotatable bonds is 5. The minimum Gasteiger partial charge on any atom is -0.346 e. The molecule has 2 heterocycles. The smallest absolute Gasteiger partial charge is 0.252 e. The highest BCUT2D eigenvalue weighted by Crippen LogP contribution is 2.27. The Hall–Kier alpha value is -2.24. The van der Waals surface area contributed by atoms with E-state index in [-0.39, 0.29) is 5.91 Å². The molecule has 4 nitrogen and oxygen atoms in total. The molecule has 23 heavy (non-hydrogen) atoms. The van der Waals surface area contributed by atoms with Gasteiger partial charge in [0.25, 0.3) is 5.91 Å². The van der Waals surface area contributed by atoms with Crippen LogP contribution in [0.5, 0.6) is 0 Å². The summed E-state index contributed by atoms with van der Waals surface area (Å²) in [4.78, 5) is 19.7. The highest BCUT2D eigenvalue weighted by atomic mass is 32.1. The number of hydrogen-bond donors (Lipinski definition) is 2. The van der Waals surface area contributed by atoms with E-state index in [1.807, 2.05) is 47.8 Å². The predicted molar refractivity (Wildman–Crippen MR) is 95.1 cm³/mol. The first-order valence-electron chi connectivity index (χ1n) is 7.66. The van der Waals surface area contributed by atoms with E-state index in [2.05, 4.69) is 19.4 Å². The lowest BCUT2D eigenvalue weighted by atomic mass is 10.1. The Kier molecular flexibility index (Phi) is 4.69. The van der Waals surface area contributed by atoms with Crippen LogP contribution in [0.15, 0.2) is 47.8 Å². The molecule has 2 aromatic heterocycles. The quantitative estimate of drug-likeness (QED) is 0.751. The van der Waals surface area contributed by atoms with Gasteiger partial charge in [0.15, 0.2) is 0 Å². The molecular weight excluding hydrogens is 306 g/mol. The third-order valence-corrected chi connectivity index (χ3v) is 4.54. The second kappa shape index (κ2) is 6.89. The third kappa shape index (κ3) is 3.57. The average molecular weight is 326 g/mol. The van der Waals surface area contributed by atoms with Crippen LogP contribution in [0.3, 0.4) is 0 Å². The number of thiophene rings is 1. The van der Waals surface area contributed by atoms with Gasteiger partial charge in [0.1, 0.15) is 0 Å². The molecule has 5 heteroatoms. The van der Waals surface area contributed by atoms with Crippen molar-refractivity contribution in [2.24, 2.45) is 0 Å². The maximum atomic E-state index is 12.6. The van der Waals surface area contributed by atoms with Gasteiger partial charge < -0.3 is 10.2 Å². The summed E-state index contributed by atoms with van der Waals surface area (Å²) in [5.41, 5.74) is 2.39. The van der Waals surface area contributed by atoms with Crippen LogP contribution in [-0.4, -0.2) is 38.1 Å². The molecule has 0 saturated carbocycles. The number of carbonyl (C=O) groups is 1. The van der Waals surface area contributed by atoms with Gasteiger partial charge in [0.2, 0.25) is 0 Å². The lowest BCUT2D eigenvalue weighted by Gasteiger charge is -2.11. The molecule has 0 radical (unpaired) electrons. The van der Waals surface area contributed by atoms with Gasteiger partial charge in [-0.05, 0) is 23.6 Å². The zero-order chi connectivity index (χ0) is 16.2. The van der Waals surface area contributed by atoms with Crippen molar-refractivity contribution in [2.75, 3.05) is 27.2 Å². The minimum atomic E-state index is -0.0392. The summed E-state index contributed by atoms with van der Waals surface area (Å²) in [6, 6.07) is 13.7. The molecule has 1 amide bonds. The van der Waals surface area contributed by atoms with Crippen molar-refractivity contribution in [3.8, 4) is 10.6 Å². The van der Waals surface area contributed by atoms with Gasteiger partial charge in [0, 0.05) is 5.39 Å². The molecule has 0 spiro atoms. The molecule has 0 atom stereocenters. The van der Waals surface area contributed by atoms with Crippen molar-refractivity contribution in [2.45, 2.75) is 0 Å². The van der Waals surface area contributed by atoms with E-state index in [0.717, 1.165) is 28.0 Å². The Balaban J connectivity index is 1.98. The van der Waals surface area contributed by atoms with E-state index in [0.29, 0.717) is 12.1 Å². The van der Waals surface area contributed by atoms with Crippen LogP contribution in [0.2, 0.25) is 0 Å². The number of hydrogen-bond acceptors (Lipinski definition) is 3. The number of carbonyl (C=O) groups excluding carboxylic acids is 1. The zero-order valence-corrected chi connectivity index (χ0v) is 14.1. The molecule has 0 bridgehead atoms. The molecule has 0 aliphatic carbocycles. The molecule has 2 N–H and O–H groups in total. The number of para-hydroxylation sites is 1. The number of aromatic nitrogens is 1. The van der Waals surface area contributed by atoms with Gasteiger partial charge in [-0.25, -0.2) is 4.98 Å². The third-order valence-electron chi connectivity index (χ3n) is 3.64. The molecule has 3 rings (SSSR count). The molecule has 3 aromatic rings. The Morgan fingerprint density at radius 2 is 2.04 bits per heavy atom.